The number of hydrogen-bond donors (Lipinski definition) is 1. The number of rotatable bonds is 5. The predicted octanol–water partition coefficient (Wildman–Crippen LogP) is 2.66. The number of fused-ring (bicyclic) bond motifs is 3. The highest BCUT2D eigenvalue weighted by molar-refractivity contribution is 7.62. The fourth-order valence-electron chi connectivity index (χ4n) is 3.17. The zero-order chi connectivity index (χ0) is 20.8. The van der Waals surface area contributed by atoms with E-state index in [0.717, 1.165) is 18.7 Å². The Kier molecular flexibility index (Phi) is 4.66. The number of carbonyl (C=O) groups is 1. The molecular formula is C19H15FN3O5P. The topological polar surface area (TPSA) is 103 Å². The Morgan fingerprint density at radius 3 is 2.48 bits per heavy atom. The number of H-pyrrole nitrogens is 1. The van der Waals surface area contributed by atoms with Crippen LogP contribution in [0, 0.1) is 5.82 Å². The molecule has 0 bridgehead atoms. The van der Waals surface area contributed by atoms with Crippen molar-refractivity contribution in [1.82, 2.24) is 14.6 Å². The molecule has 0 aliphatic heterocycles. The standard InChI is InChI=1S/C19H15FN3O5P/c1-27-29(26,28-2)18-15(17(24)11-6-4-3-5-7-11)16-13-10-12(20)8-9-14(13)21-19(25)23(16)22-18/h3-10H,1-2H3,(H,21,25). The molecule has 0 amide bonds. The first-order valence-electron chi connectivity index (χ1n) is 8.45. The summed E-state index contributed by atoms with van der Waals surface area (Å²) in [6, 6.07) is 11.9. The summed E-state index contributed by atoms with van der Waals surface area (Å²) in [6.07, 6.45) is 0. The molecule has 0 aliphatic rings. The number of hydrogen-bond acceptors (Lipinski definition) is 6. The average Bonchev–Trinajstić information content (AvgIpc) is 3.16. The van der Waals surface area contributed by atoms with E-state index in [1.54, 1.807) is 30.3 Å². The zero-order valence-electron chi connectivity index (χ0n) is 15.4. The Hall–Kier alpha value is -3.13. The van der Waals surface area contributed by atoms with E-state index in [4.69, 9.17) is 9.05 Å². The summed E-state index contributed by atoms with van der Waals surface area (Å²) in [4.78, 5) is 28.5. The van der Waals surface area contributed by atoms with Crippen LogP contribution in [0.25, 0.3) is 16.4 Å². The molecule has 29 heavy (non-hydrogen) atoms. The second-order valence-corrected chi connectivity index (χ2v) is 8.29. The molecule has 0 radical (unpaired) electrons. The van der Waals surface area contributed by atoms with Crippen molar-refractivity contribution in [1.29, 1.82) is 0 Å². The number of carbonyl (C=O) groups excluding carboxylic acids is 1. The van der Waals surface area contributed by atoms with Gasteiger partial charge in [0.15, 0.2) is 11.2 Å². The molecule has 4 rings (SSSR count). The number of aromatic nitrogens is 3. The predicted molar refractivity (Wildman–Crippen MR) is 104 cm³/mol. The lowest BCUT2D eigenvalue weighted by molar-refractivity contribution is 0.104. The summed E-state index contributed by atoms with van der Waals surface area (Å²) in [5.41, 5.74) is -0.578. The van der Waals surface area contributed by atoms with Gasteiger partial charge in [-0.2, -0.15) is 9.61 Å². The van der Waals surface area contributed by atoms with Crippen molar-refractivity contribution in [2.75, 3.05) is 14.2 Å². The van der Waals surface area contributed by atoms with Crippen LogP contribution in [0.15, 0.2) is 53.3 Å². The van der Waals surface area contributed by atoms with E-state index < -0.39 is 24.9 Å². The van der Waals surface area contributed by atoms with Gasteiger partial charge in [0.2, 0.25) is 0 Å². The zero-order valence-corrected chi connectivity index (χ0v) is 16.3. The monoisotopic (exact) mass is 415 g/mol. The lowest BCUT2D eigenvalue weighted by Gasteiger charge is -2.12. The summed E-state index contributed by atoms with van der Waals surface area (Å²) in [5, 5.41) is 4.29. The first kappa shape index (κ1) is 19.2. The van der Waals surface area contributed by atoms with Crippen LogP contribution in [0.3, 0.4) is 0 Å². The molecule has 2 heterocycles. The van der Waals surface area contributed by atoms with Gasteiger partial charge in [0, 0.05) is 25.2 Å². The highest BCUT2D eigenvalue weighted by Crippen LogP contribution is 2.46. The molecule has 0 aliphatic carbocycles. The molecule has 2 aromatic heterocycles. The first-order valence-corrected chi connectivity index (χ1v) is 10.00. The van der Waals surface area contributed by atoms with Crippen LogP contribution in [0.2, 0.25) is 0 Å². The highest BCUT2D eigenvalue weighted by atomic mass is 31.2. The third-order valence-corrected chi connectivity index (χ3v) is 6.33. The number of benzene rings is 2. The minimum absolute atomic E-state index is 0.0152. The Balaban J connectivity index is 2.21. The Labute approximate surface area is 163 Å². The summed E-state index contributed by atoms with van der Waals surface area (Å²) >= 11 is 0. The van der Waals surface area contributed by atoms with Gasteiger partial charge in [-0.15, -0.1) is 0 Å². The third kappa shape index (κ3) is 3.00. The van der Waals surface area contributed by atoms with E-state index >= 15 is 0 Å². The van der Waals surface area contributed by atoms with Crippen LogP contribution in [0.1, 0.15) is 15.9 Å². The van der Waals surface area contributed by atoms with Gasteiger partial charge in [-0.25, -0.2) is 9.18 Å². The second kappa shape index (κ2) is 7.04. The van der Waals surface area contributed by atoms with Gasteiger partial charge in [0.25, 0.3) is 0 Å². The molecule has 2 aromatic carbocycles. The fourth-order valence-corrected chi connectivity index (χ4v) is 4.35. The number of halogens is 1. The minimum atomic E-state index is -4.03. The Morgan fingerprint density at radius 1 is 1.14 bits per heavy atom. The van der Waals surface area contributed by atoms with Crippen molar-refractivity contribution in [2.24, 2.45) is 0 Å². The summed E-state index contributed by atoms with van der Waals surface area (Å²) in [5.74, 6) is -1.13. The van der Waals surface area contributed by atoms with Gasteiger partial charge in [-0.3, -0.25) is 9.36 Å². The van der Waals surface area contributed by atoms with Crippen molar-refractivity contribution < 1.29 is 22.8 Å². The largest absolute Gasteiger partial charge is 0.381 e. The number of ketones is 1. The smallest absolute Gasteiger partial charge is 0.307 e. The molecule has 0 atom stereocenters. The van der Waals surface area contributed by atoms with Crippen LogP contribution in [-0.4, -0.2) is 34.6 Å². The molecule has 0 fully saturated rings. The van der Waals surface area contributed by atoms with Crippen molar-refractivity contribution in [3.05, 3.63) is 76.0 Å². The molecule has 1 N–H and O–H groups in total. The van der Waals surface area contributed by atoms with Crippen LogP contribution in [0.4, 0.5) is 4.39 Å². The highest BCUT2D eigenvalue weighted by Gasteiger charge is 2.37. The lowest BCUT2D eigenvalue weighted by Crippen LogP contribution is -2.20. The number of nitrogens with zero attached hydrogens (tertiary/aromatic N) is 2. The van der Waals surface area contributed by atoms with E-state index in [0.29, 0.717) is 5.52 Å². The summed E-state index contributed by atoms with van der Waals surface area (Å²) in [7, 11) is -1.74. The van der Waals surface area contributed by atoms with Crippen LogP contribution in [-0.2, 0) is 13.6 Å². The van der Waals surface area contributed by atoms with E-state index in [-0.39, 0.29) is 27.5 Å². The maximum absolute atomic E-state index is 14.0. The van der Waals surface area contributed by atoms with E-state index in [1.807, 2.05) is 0 Å². The SMILES string of the molecule is COP(=O)(OC)c1nn2c(=O)[nH]c3ccc(F)cc3c2c1C(=O)c1ccccc1. The quantitative estimate of drug-likeness (QED) is 0.397. The lowest BCUT2D eigenvalue weighted by atomic mass is 10.0. The minimum Gasteiger partial charge on any atom is -0.307 e. The maximum atomic E-state index is 14.0. The van der Waals surface area contributed by atoms with Crippen molar-refractivity contribution >= 4 is 35.2 Å². The van der Waals surface area contributed by atoms with Gasteiger partial charge in [-0.05, 0) is 18.2 Å². The van der Waals surface area contributed by atoms with Gasteiger partial charge in [0.05, 0.1) is 16.6 Å². The fraction of sp³-hybridized carbons (Fsp3) is 0.105. The molecule has 4 aromatic rings. The molecule has 0 saturated heterocycles. The van der Waals surface area contributed by atoms with E-state index in [1.165, 1.54) is 18.2 Å². The average molecular weight is 415 g/mol. The van der Waals surface area contributed by atoms with Crippen molar-refractivity contribution in [3.8, 4) is 0 Å². The third-order valence-electron chi connectivity index (χ3n) is 4.54. The van der Waals surface area contributed by atoms with Crippen LogP contribution >= 0.6 is 7.60 Å². The van der Waals surface area contributed by atoms with E-state index in [2.05, 4.69) is 10.1 Å². The maximum Gasteiger partial charge on any atom is 0.381 e. The van der Waals surface area contributed by atoms with Gasteiger partial charge >= 0.3 is 13.3 Å². The number of aromatic amines is 1. The van der Waals surface area contributed by atoms with Gasteiger partial charge in [-0.1, -0.05) is 30.3 Å². The molecule has 0 unspecified atom stereocenters. The van der Waals surface area contributed by atoms with Gasteiger partial charge in [0.1, 0.15) is 5.82 Å². The molecule has 0 saturated carbocycles. The van der Waals surface area contributed by atoms with Crippen LogP contribution < -0.4 is 11.1 Å². The second-order valence-electron chi connectivity index (χ2n) is 6.14. The normalized spacial score (nSPS) is 12.0. The molecule has 0 spiro atoms. The summed E-state index contributed by atoms with van der Waals surface area (Å²) in [6.45, 7) is 0. The van der Waals surface area contributed by atoms with Crippen molar-refractivity contribution in [2.45, 2.75) is 0 Å². The van der Waals surface area contributed by atoms with Gasteiger partial charge < -0.3 is 14.0 Å². The number of nitrogens with one attached hydrogen (secondary N) is 1. The van der Waals surface area contributed by atoms with Crippen molar-refractivity contribution in [3.63, 3.8) is 0 Å². The summed E-state index contributed by atoms with van der Waals surface area (Å²) < 4.78 is 38.0. The Morgan fingerprint density at radius 2 is 1.83 bits per heavy atom. The Bertz CT molecular complexity index is 1360. The van der Waals surface area contributed by atoms with E-state index in [9.17, 15) is 18.5 Å². The molecule has 8 nitrogen and oxygen atoms in total. The molecule has 148 valence electrons. The first-order chi connectivity index (χ1) is 13.9. The molecule has 10 heteroatoms. The van der Waals surface area contributed by atoms with Crippen LogP contribution in [0.5, 0.6) is 0 Å². The molecular weight excluding hydrogens is 400 g/mol.